The van der Waals surface area contributed by atoms with Crippen LogP contribution in [0.15, 0.2) is 67.3 Å². The number of H-pyrrole nitrogens is 1. The minimum Gasteiger partial charge on any atom is -0.352 e. The molecule has 1 N–H and O–H groups in total. The summed E-state index contributed by atoms with van der Waals surface area (Å²) in [5, 5.41) is 15.8. The van der Waals surface area contributed by atoms with Crippen molar-refractivity contribution in [1.82, 2.24) is 34.8 Å². The first-order chi connectivity index (χ1) is 14.8. The van der Waals surface area contributed by atoms with Gasteiger partial charge in [-0.15, -0.1) is 10.2 Å². The summed E-state index contributed by atoms with van der Waals surface area (Å²) in [5.41, 5.74) is 2.26. The molecular formula is C21H20N8O. The SMILES string of the molecule is O=C(c1cc(-c2ccccc2)n[nH]1)N1CCN(c2ccc(-n3ccnc3)nn2)CC1. The maximum absolute atomic E-state index is 12.9. The molecule has 150 valence electrons. The number of nitrogens with zero attached hydrogens (tertiary/aromatic N) is 7. The molecule has 4 heterocycles. The van der Waals surface area contributed by atoms with Gasteiger partial charge in [-0.3, -0.25) is 14.5 Å². The summed E-state index contributed by atoms with van der Waals surface area (Å²) in [4.78, 5) is 20.9. The largest absolute Gasteiger partial charge is 0.352 e. The second-order valence-electron chi connectivity index (χ2n) is 7.03. The average molecular weight is 400 g/mol. The van der Waals surface area contributed by atoms with Gasteiger partial charge in [-0.05, 0) is 18.2 Å². The molecule has 9 heteroatoms. The predicted octanol–water partition coefficient (Wildman–Crippen LogP) is 2.01. The van der Waals surface area contributed by atoms with E-state index in [2.05, 4.69) is 30.3 Å². The minimum atomic E-state index is -0.0362. The van der Waals surface area contributed by atoms with Gasteiger partial charge in [0.1, 0.15) is 12.0 Å². The van der Waals surface area contributed by atoms with Crippen molar-refractivity contribution in [1.29, 1.82) is 0 Å². The number of piperazine rings is 1. The van der Waals surface area contributed by atoms with Crippen LogP contribution >= 0.6 is 0 Å². The smallest absolute Gasteiger partial charge is 0.272 e. The van der Waals surface area contributed by atoms with Gasteiger partial charge in [0.05, 0.1) is 5.69 Å². The molecule has 1 aliphatic rings. The lowest BCUT2D eigenvalue weighted by Crippen LogP contribution is -2.49. The van der Waals surface area contributed by atoms with E-state index < -0.39 is 0 Å². The molecule has 9 nitrogen and oxygen atoms in total. The summed E-state index contributed by atoms with van der Waals surface area (Å²) >= 11 is 0. The number of nitrogens with one attached hydrogen (secondary N) is 1. The van der Waals surface area contributed by atoms with Crippen LogP contribution in [0.4, 0.5) is 5.82 Å². The highest BCUT2D eigenvalue weighted by Crippen LogP contribution is 2.19. The molecule has 0 aliphatic carbocycles. The zero-order valence-electron chi connectivity index (χ0n) is 16.2. The number of anilines is 1. The Labute approximate surface area is 173 Å². The Hall–Kier alpha value is -4.01. The van der Waals surface area contributed by atoms with Crippen LogP contribution in [-0.2, 0) is 0 Å². The second-order valence-corrected chi connectivity index (χ2v) is 7.03. The van der Waals surface area contributed by atoms with Crippen LogP contribution in [0.5, 0.6) is 0 Å². The van der Waals surface area contributed by atoms with Crippen molar-refractivity contribution in [2.24, 2.45) is 0 Å². The molecule has 1 amide bonds. The number of carbonyl (C=O) groups is 1. The van der Waals surface area contributed by atoms with E-state index in [1.807, 2.05) is 64.2 Å². The number of hydrogen-bond donors (Lipinski definition) is 1. The maximum atomic E-state index is 12.9. The van der Waals surface area contributed by atoms with Crippen molar-refractivity contribution in [3.63, 3.8) is 0 Å². The number of benzene rings is 1. The van der Waals surface area contributed by atoms with E-state index in [4.69, 9.17) is 0 Å². The molecule has 3 aromatic heterocycles. The summed E-state index contributed by atoms with van der Waals surface area (Å²) in [5.74, 6) is 1.49. The number of aromatic nitrogens is 6. The van der Waals surface area contributed by atoms with Gasteiger partial charge in [0.15, 0.2) is 11.6 Å². The molecule has 4 aromatic rings. The summed E-state index contributed by atoms with van der Waals surface area (Å²) in [6.07, 6.45) is 5.22. The van der Waals surface area contributed by atoms with E-state index in [1.165, 1.54) is 0 Å². The summed E-state index contributed by atoms with van der Waals surface area (Å²) in [6.45, 7) is 2.63. The summed E-state index contributed by atoms with van der Waals surface area (Å²) < 4.78 is 1.81. The van der Waals surface area contributed by atoms with Crippen LogP contribution in [0.25, 0.3) is 17.1 Å². The molecule has 30 heavy (non-hydrogen) atoms. The fourth-order valence-corrected chi connectivity index (χ4v) is 3.52. The first kappa shape index (κ1) is 18.0. The summed E-state index contributed by atoms with van der Waals surface area (Å²) in [7, 11) is 0. The van der Waals surface area contributed by atoms with Gasteiger partial charge in [-0.1, -0.05) is 30.3 Å². The molecule has 0 radical (unpaired) electrons. The van der Waals surface area contributed by atoms with Gasteiger partial charge in [0.25, 0.3) is 5.91 Å². The first-order valence-electron chi connectivity index (χ1n) is 9.75. The molecule has 0 saturated carbocycles. The van der Waals surface area contributed by atoms with E-state index in [1.54, 1.807) is 12.5 Å². The molecule has 5 rings (SSSR count). The first-order valence-corrected chi connectivity index (χ1v) is 9.75. The lowest BCUT2D eigenvalue weighted by Gasteiger charge is -2.34. The normalized spacial score (nSPS) is 14.1. The maximum Gasteiger partial charge on any atom is 0.272 e. The number of amides is 1. The molecule has 0 bridgehead atoms. The van der Waals surface area contributed by atoms with Crippen molar-refractivity contribution in [3.05, 3.63) is 72.9 Å². The van der Waals surface area contributed by atoms with Crippen molar-refractivity contribution in [2.75, 3.05) is 31.1 Å². The fourth-order valence-electron chi connectivity index (χ4n) is 3.52. The van der Waals surface area contributed by atoms with E-state index in [0.29, 0.717) is 31.9 Å². The highest BCUT2D eigenvalue weighted by atomic mass is 16.2. The van der Waals surface area contributed by atoms with Gasteiger partial charge >= 0.3 is 0 Å². The molecule has 0 atom stereocenters. The number of imidazole rings is 1. The van der Waals surface area contributed by atoms with E-state index in [9.17, 15) is 4.79 Å². The zero-order chi connectivity index (χ0) is 20.3. The van der Waals surface area contributed by atoms with Crippen LogP contribution in [-0.4, -0.2) is 66.9 Å². The lowest BCUT2D eigenvalue weighted by atomic mass is 10.1. The third kappa shape index (κ3) is 3.52. The average Bonchev–Trinajstić information content (AvgIpc) is 3.52. The number of carbonyl (C=O) groups excluding carboxylic acids is 1. The molecule has 1 saturated heterocycles. The second kappa shape index (κ2) is 7.78. The van der Waals surface area contributed by atoms with Crippen molar-refractivity contribution >= 4 is 11.7 Å². The standard InChI is InChI=1S/C21H20N8O/c30-21(18-14-17(23-24-18)16-4-2-1-3-5-16)28-12-10-27(11-13-28)19-6-7-20(26-25-19)29-9-8-22-15-29/h1-9,14-15H,10-13H2,(H,23,24). The predicted molar refractivity (Wildman–Crippen MR) is 111 cm³/mol. The Morgan fingerprint density at radius 1 is 0.933 bits per heavy atom. The Balaban J connectivity index is 1.22. The third-order valence-electron chi connectivity index (χ3n) is 5.17. The monoisotopic (exact) mass is 400 g/mol. The topological polar surface area (TPSA) is 95.8 Å². The number of rotatable bonds is 4. The minimum absolute atomic E-state index is 0.0362. The van der Waals surface area contributed by atoms with Gasteiger partial charge in [-0.25, -0.2) is 4.98 Å². The van der Waals surface area contributed by atoms with Crippen molar-refractivity contribution in [3.8, 4) is 17.1 Å². The summed E-state index contributed by atoms with van der Waals surface area (Å²) in [6, 6.07) is 15.5. The Morgan fingerprint density at radius 2 is 1.70 bits per heavy atom. The highest BCUT2D eigenvalue weighted by molar-refractivity contribution is 5.93. The third-order valence-corrected chi connectivity index (χ3v) is 5.17. The van der Waals surface area contributed by atoms with Crippen molar-refractivity contribution < 1.29 is 4.79 Å². The highest BCUT2D eigenvalue weighted by Gasteiger charge is 2.24. The molecule has 1 fully saturated rings. The van der Waals surface area contributed by atoms with Crippen LogP contribution in [0.2, 0.25) is 0 Å². The van der Waals surface area contributed by atoms with Crippen LogP contribution < -0.4 is 4.90 Å². The van der Waals surface area contributed by atoms with E-state index in [-0.39, 0.29) is 5.91 Å². The Bertz CT molecular complexity index is 1110. The Kier molecular flexibility index (Phi) is 4.68. The van der Waals surface area contributed by atoms with Gasteiger partial charge in [-0.2, -0.15) is 5.10 Å². The van der Waals surface area contributed by atoms with E-state index >= 15 is 0 Å². The molecular weight excluding hydrogens is 380 g/mol. The Morgan fingerprint density at radius 3 is 2.40 bits per heavy atom. The number of aromatic amines is 1. The van der Waals surface area contributed by atoms with Crippen LogP contribution in [0.1, 0.15) is 10.5 Å². The fraction of sp³-hybridized carbons (Fsp3) is 0.190. The number of hydrogen-bond acceptors (Lipinski definition) is 6. The molecule has 0 spiro atoms. The quantitative estimate of drug-likeness (QED) is 0.563. The van der Waals surface area contributed by atoms with Gasteiger partial charge in [0.2, 0.25) is 0 Å². The zero-order valence-corrected chi connectivity index (χ0v) is 16.2. The molecule has 0 unspecified atom stereocenters. The van der Waals surface area contributed by atoms with Crippen molar-refractivity contribution in [2.45, 2.75) is 0 Å². The van der Waals surface area contributed by atoms with Gasteiger partial charge < -0.3 is 9.80 Å². The molecule has 1 aliphatic heterocycles. The van der Waals surface area contributed by atoms with Crippen LogP contribution in [0.3, 0.4) is 0 Å². The lowest BCUT2D eigenvalue weighted by molar-refractivity contribution is 0.0740. The van der Waals surface area contributed by atoms with Crippen LogP contribution in [0, 0.1) is 0 Å². The molecule has 1 aromatic carbocycles. The van der Waals surface area contributed by atoms with E-state index in [0.717, 1.165) is 22.9 Å². The van der Waals surface area contributed by atoms with Gasteiger partial charge in [0, 0.05) is 44.1 Å².